The second kappa shape index (κ2) is 7.47. The van der Waals surface area contributed by atoms with E-state index in [1.54, 1.807) is 32.7 Å². The molecule has 1 aromatic heterocycles. The summed E-state index contributed by atoms with van der Waals surface area (Å²) in [5, 5.41) is 6.37. The van der Waals surface area contributed by atoms with E-state index in [-0.39, 0.29) is 6.04 Å². The lowest BCUT2D eigenvalue weighted by Crippen LogP contribution is -2.17. The van der Waals surface area contributed by atoms with E-state index in [9.17, 15) is 0 Å². The Hall–Kier alpha value is -1.79. The Morgan fingerprint density at radius 2 is 1.77 bits per heavy atom. The third-order valence-electron chi connectivity index (χ3n) is 3.39. The maximum atomic E-state index is 5.39. The standard InChI is InChI=1S/C16H22N2O3S/c1-6-17-10(2)12-9-22-16(18-12)11-7-13(19-3)15(21-5)14(8-11)20-4/h7-10,17H,6H2,1-5H3. The molecule has 22 heavy (non-hydrogen) atoms. The van der Waals surface area contributed by atoms with Crippen LogP contribution < -0.4 is 19.5 Å². The van der Waals surface area contributed by atoms with Crippen molar-refractivity contribution in [3.05, 3.63) is 23.2 Å². The number of hydrogen-bond donors (Lipinski definition) is 1. The van der Waals surface area contributed by atoms with Gasteiger partial charge in [-0.15, -0.1) is 11.3 Å². The Bertz CT molecular complexity index is 603. The zero-order valence-electron chi connectivity index (χ0n) is 13.6. The summed E-state index contributed by atoms with van der Waals surface area (Å²) in [5.74, 6) is 1.85. The molecule has 5 nitrogen and oxygen atoms in total. The predicted molar refractivity (Wildman–Crippen MR) is 89.3 cm³/mol. The number of aromatic nitrogens is 1. The molecule has 0 aliphatic carbocycles. The van der Waals surface area contributed by atoms with Crippen molar-refractivity contribution >= 4 is 11.3 Å². The van der Waals surface area contributed by atoms with Gasteiger partial charge in [-0.05, 0) is 25.6 Å². The van der Waals surface area contributed by atoms with Crippen LogP contribution in [0.1, 0.15) is 25.6 Å². The highest BCUT2D eigenvalue weighted by Gasteiger charge is 2.16. The molecule has 0 saturated carbocycles. The monoisotopic (exact) mass is 322 g/mol. The van der Waals surface area contributed by atoms with Crippen molar-refractivity contribution in [2.45, 2.75) is 19.9 Å². The minimum Gasteiger partial charge on any atom is -0.493 e. The van der Waals surface area contributed by atoms with Gasteiger partial charge < -0.3 is 19.5 Å². The maximum absolute atomic E-state index is 5.39. The van der Waals surface area contributed by atoms with E-state index in [1.807, 2.05) is 12.1 Å². The number of nitrogens with one attached hydrogen (secondary N) is 1. The third-order valence-corrected chi connectivity index (χ3v) is 4.30. The summed E-state index contributed by atoms with van der Waals surface area (Å²) in [6.45, 7) is 5.11. The lowest BCUT2D eigenvalue weighted by Gasteiger charge is -2.13. The van der Waals surface area contributed by atoms with E-state index in [1.165, 1.54) is 0 Å². The number of methoxy groups -OCH3 is 3. The van der Waals surface area contributed by atoms with Crippen LogP contribution in [0, 0.1) is 0 Å². The zero-order chi connectivity index (χ0) is 16.1. The van der Waals surface area contributed by atoms with E-state index in [0.29, 0.717) is 17.2 Å². The van der Waals surface area contributed by atoms with Crippen LogP contribution in [-0.4, -0.2) is 32.9 Å². The van der Waals surface area contributed by atoms with Gasteiger partial charge in [0.05, 0.1) is 27.0 Å². The second-order valence-electron chi connectivity index (χ2n) is 4.77. The molecule has 0 aliphatic rings. The van der Waals surface area contributed by atoms with E-state index < -0.39 is 0 Å². The van der Waals surface area contributed by atoms with Crippen LogP contribution in [0.4, 0.5) is 0 Å². The summed E-state index contributed by atoms with van der Waals surface area (Å²) >= 11 is 1.61. The van der Waals surface area contributed by atoms with Gasteiger partial charge in [-0.3, -0.25) is 0 Å². The van der Waals surface area contributed by atoms with Gasteiger partial charge in [0.2, 0.25) is 5.75 Å². The van der Waals surface area contributed by atoms with Gasteiger partial charge in [-0.2, -0.15) is 0 Å². The number of benzene rings is 1. The molecule has 1 N–H and O–H groups in total. The van der Waals surface area contributed by atoms with Crippen LogP contribution in [-0.2, 0) is 0 Å². The molecule has 0 amide bonds. The van der Waals surface area contributed by atoms with Crippen molar-refractivity contribution in [2.75, 3.05) is 27.9 Å². The van der Waals surface area contributed by atoms with E-state index >= 15 is 0 Å². The first-order valence-electron chi connectivity index (χ1n) is 7.13. The molecule has 2 aromatic rings. The largest absolute Gasteiger partial charge is 0.493 e. The van der Waals surface area contributed by atoms with Gasteiger partial charge in [0.15, 0.2) is 11.5 Å². The van der Waals surface area contributed by atoms with Gasteiger partial charge in [0, 0.05) is 17.0 Å². The first-order chi connectivity index (χ1) is 10.6. The summed E-state index contributed by atoms with van der Waals surface area (Å²) < 4.78 is 16.1. The molecular formula is C16H22N2O3S. The molecule has 0 aliphatic heterocycles. The molecule has 0 spiro atoms. The highest BCUT2D eigenvalue weighted by Crippen LogP contribution is 2.41. The zero-order valence-corrected chi connectivity index (χ0v) is 14.4. The Morgan fingerprint density at radius 1 is 1.14 bits per heavy atom. The van der Waals surface area contributed by atoms with Crippen LogP contribution in [0.5, 0.6) is 17.2 Å². The van der Waals surface area contributed by atoms with Gasteiger partial charge in [0.25, 0.3) is 0 Å². The van der Waals surface area contributed by atoms with Crippen LogP contribution in [0.15, 0.2) is 17.5 Å². The van der Waals surface area contributed by atoms with Crippen molar-refractivity contribution in [3.8, 4) is 27.8 Å². The molecular weight excluding hydrogens is 300 g/mol. The summed E-state index contributed by atoms with van der Waals surface area (Å²) in [5.41, 5.74) is 1.99. The molecule has 2 rings (SSSR count). The van der Waals surface area contributed by atoms with Gasteiger partial charge in [-0.1, -0.05) is 6.92 Å². The predicted octanol–water partition coefficient (Wildman–Crippen LogP) is 3.51. The maximum Gasteiger partial charge on any atom is 0.203 e. The van der Waals surface area contributed by atoms with Gasteiger partial charge in [-0.25, -0.2) is 4.98 Å². The van der Waals surface area contributed by atoms with Crippen molar-refractivity contribution in [3.63, 3.8) is 0 Å². The Morgan fingerprint density at radius 3 is 2.27 bits per heavy atom. The van der Waals surface area contributed by atoms with Crippen LogP contribution in [0.3, 0.4) is 0 Å². The molecule has 1 atom stereocenters. The summed E-state index contributed by atoms with van der Waals surface area (Å²) in [4.78, 5) is 4.71. The fourth-order valence-corrected chi connectivity index (χ4v) is 3.13. The van der Waals surface area contributed by atoms with E-state index in [4.69, 9.17) is 19.2 Å². The minimum atomic E-state index is 0.233. The molecule has 0 saturated heterocycles. The number of ether oxygens (including phenoxy) is 3. The molecule has 1 unspecified atom stereocenters. The first kappa shape index (κ1) is 16.6. The van der Waals surface area contributed by atoms with Crippen LogP contribution >= 0.6 is 11.3 Å². The van der Waals surface area contributed by atoms with Crippen molar-refractivity contribution in [1.29, 1.82) is 0 Å². The molecule has 0 bridgehead atoms. The highest BCUT2D eigenvalue weighted by atomic mass is 32.1. The Kier molecular flexibility index (Phi) is 5.63. The fourth-order valence-electron chi connectivity index (χ4n) is 2.23. The molecule has 120 valence electrons. The Labute approximate surface area is 135 Å². The third kappa shape index (κ3) is 3.34. The van der Waals surface area contributed by atoms with Crippen LogP contribution in [0.25, 0.3) is 10.6 Å². The van der Waals surface area contributed by atoms with Crippen LogP contribution in [0.2, 0.25) is 0 Å². The number of hydrogen-bond acceptors (Lipinski definition) is 6. The SMILES string of the molecule is CCNC(C)c1csc(-c2cc(OC)c(OC)c(OC)c2)n1. The summed E-state index contributed by atoms with van der Waals surface area (Å²) in [6.07, 6.45) is 0. The topological polar surface area (TPSA) is 52.6 Å². The fraction of sp³-hybridized carbons (Fsp3) is 0.438. The summed E-state index contributed by atoms with van der Waals surface area (Å²) in [6, 6.07) is 4.07. The summed E-state index contributed by atoms with van der Waals surface area (Å²) in [7, 11) is 4.82. The Balaban J connectivity index is 2.40. The van der Waals surface area contributed by atoms with Crippen molar-refractivity contribution < 1.29 is 14.2 Å². The second-order valence-corrected chi connectivity index (χ2v) is 5.63. The quantitative estimate of drug-likeness (QED) is 0.845. The van der Waals surface area contributed by atoms with E-state index in [0.717, 1.165) is 22.8 Å². The molecule has 0 fully saturated rings. The van der Waals surface area contributed by atoms with E-state index in [2.05, 4.69) is 24.5 Å². The number of rotatable bonds is 7. The molecule has 0 radical (unpaired) electrons. The normalized spacial score (nSPS) is 12.0. The minimum absolute atomic E-state index is 0.233. The van der Waals surface area contributed by atoms with Crippen molar-refractivity contribution in [1.82, 2.24) is 10.3 Å². The first-order valence-corrected chi connectivity index (χ1v) is 8.01. The van der Waals surface area contributed by atoms with Gasteiger partial charge in [0.1, 0.15) is 5.01 Å². The number of nitrogens with zero attached hydrogens (tertiary/aromatic N) is 1. The average Bonchev–Trinajstić information content (AvgIpc) is 3.03. The van der Waals surface area contributed by atoms with Gasteiger partial charge >= 0.3 is 0 Å². The highest BCUT2D eigenvalue weighted by molar-refractivity contribution is 7.13. The smallest absolute Gasteiger partial charge is 0.203 e. The van der Waals surface area contributed by atoms with Crippen molar-refractivity contribution in [2.24, 2.45) is 0 Å². The lowest BCUT2D eigenvalue weighted by molar-refractivity contribution is 0.324. The average molecular weight is 322 g/mol. The molecule has 6 heteroatoms. The molecule has 1 aromatic carbocycles. The lowest BCUT2D eigenvalue weighted by atomic mass is 10.2. The molecule has 1 heterocycles. The number of thiazole rings is 1.